The van der Waals surface area contributed by atoms with Crippen LogP contribution in [0.25, 0.3) is 10.6 Å². The van der Waals surface area contributed by atoms with Gasteiger partial charge in [-0.25, -0.2) is 0 Å². The lowest BCUT2D eigenvalue weighted by molar-refractivity contribution is 0.287. The number of hydrogen-bond donors (Lipinski definition) is 1. The summed E-state index contributed by atoms with van der Waals surface area (Å²) in [5.41, 5.74) is 1.07. The Morgan fingerprint density at radius 3 is 2.80 bits per heavy atom. The van der Waals surface area contributed by atoms with E-state index in [2.05, 4.69) is 34.3 Å². The van der Waals surface area contributed by atoms with E-state index in [-0.39, 0.29) is 0 Å². The van der Waals surface area contributed by atoms with Gasteiger partial charge in [0, 0.05) is 17.6 Å². The summed E-state index contributed by atoms with van der Waals surface area (Å²) in [6.07, 6.45) is 1.78. The molecule has 0 spiro atoms. The van der Waals surface area contributed by atoms with Crippen LogP contribution < -0.4 is 0 Å². The van der Waals surface area contributed by atoms with Crippen molar-refractivity contribution in [1.82, 2.24) is 15.1 Å². The lowest BCUT2D eigenvalue weighted by atomic mass is 10.3. The van der Waals surface area contributed by atoms with Gasteiger partial charge in [0.25, 0.3) is 0 Å². The number of hydrogen-bond acceptors (Lipinski definition) is 4. The molecule has 0 aliphatic rings. The predicted octanol–water partition coefficient (Wildman–Crippen LogP) is 3.67. The molecule has 0 radical (unpaired) electrons. The Morgan fingerprint density at radius 2 is 2.10 bits per heavy atom. The molecule has 0 aliphatic carbocycles. The van der Waals surface area contributed by atoms with Gasteiger partial charge in [-0.15, -0.1) is 11.3 Å². The molecule has 0 bridgehead atoms. The van der Waals surface area contributed by atoms with E-state index < -0.39 is 0 Å². The normalized spacial score (nSPS) is 11.3. The van der Waals surface area contributed by atoms with E-state index in [0.717, 1.165) is 30.3 Å². The second kappa shape index (κ2) is 5.64. The van der Waals surface area contributed by atoms with E-state index in [4.69, 9.17) is 4.42 Å². The summed E-state index contributed by atoms with van der Waals surface area (Å²) in [6.45, 7) is 3.71. The van der Waals surface area contributed by atoms with Crippen LogP contribution in [0, 0.1) is 6.92 Å². The number of furan rings is 1. The second-order valence-electron chi connectivity index (χ2n) is 4.92. The minimum Gasteiger partial charge on any atom is -0.465 e. The third kappa shape index (κ3) is 3.00. The largest absolute Gasteiger partial charge is 0.465 e. The van der Waals surface area contributed by atoms with Gasteiger partial charge >= 0.3 is 0 Å². The second-order valence-corrected chi connectivity index (χ2v) is 6.09. The summed E-state index contributed by atoms with van der Waals surface area (Å²) in [4.78, 5) is 4.81. The first-order chi connectivity index (χ1) is 9.70. The fourth-order valence-electron chi connectivity index (χ4n) is 2.16. The van der Waals surface area contributed by atoms with Gasteiger partial charge in [-0.1, -0.05) is 0 Å². The molecule has 0 saturated heterocycles. The van der Waals surface area contributed by atoms with E-state index in [0.29, 0.717) is 0 Å². The standard InChI is InChI=1S/C15H17N3OS/c1-11-3-4-12(19-11)9-18(2)10-13-5-6-15(20-13)14-7-8-16-17-14/h3-8H,9-10H2,1-2H3,(H,16,17). The van der Waals surface area contributed by atoms with Crippen LogP contribution >= 0.6 is 11.3 Å². The number of aromatic nitrogens is 2. The molecule has 0 fully saturated rings. The van der Waals surface area contributed by atoms with Gasteiger partial charge in [0.05, 0.1) is 17.1 Å². The van der Waals surface area contributed by atoms with Crippen molar-refractivity contribution in [3.8, 4) is 10.6 Å². The van der Waals surface area contributed by atoms with Crippen molar-refractivity contribution < 1.29 is 4.42 Å². The molecule has 20 heavy (non-hydrogen) atoms. The monoisotopic (exact) mass is 287 g/mol. The minimum absolute atomic E-state index is 0.825. The van der Waals surface area contributed by atoms with Gasteiger partial charge in [-0.2, -0.15) is 5.10 Å². The molecule has 104 valence electrons. The molecule has 1 N–H and O–H groups in total. The Morgan fingerprint density at radius 1 is 1.20 bits per heavy atom. The summed E-state index contributed by atoms with van der Waals surface area (Å²) in [5.74, 6) is 1.97. The molecule has 3 rings (SSSR count). The Labute approximate surface area is 122 Å². The number of aryl methyl sites for hydroxylation is 1. The van der Waals surface area contributed by atoms with Gasteiger partial charge in [0.15, 0.2) is 0 Å². The molecular formula is C15H17N3OS. The Bertz CT molecular complexity index is 669. The van der Waals surface area contributed by atoms with Gasteiger partial charge in [0.1, 0.15) is 11.5 Å². The average Bonchev–Trinajstić information content (AvgIpc) is 3.10. The first-order valence-electron chi connectivity index (χ1n) is 6.53. The molecule has 0 atom stereocenters. The van der Waals surface area contributed by atoms with Gasteiger partial charge < -0.3 is 4.42 Å². The van der Waals surface area contributed by atoms with Crippen molar-refractivity contribution in [2.24, 2.45) is 0 Å². The van der Waals surface area contributed by atoms with Crippen molar-refractivity contribution in [2.45, 2.75) is 20.0 Å². The Balaban J connectivity index is 1.63. The first kappa shape index (κ1) is 13.1. The molecule has 3 aromatic heterocycles. The zero-order valence-electron chi connectivity index (χ0n) is 11.6. The zero-order valence-corrected chi connectivity index (χ0v) is 12.4. The van der Waals surface area contributed by atoms with Crippen LogP contribution in [0.1, 0.15) is 16.4 Å². The van der Waals surface area contributed by atoms with Crippen molar-refractivity contribution in [2.75, 3.05) is 7.05 Å². The number of aromatic amines is 1. The van der Waals surface area contributed by atoms with Crippen molar-refractivity contribution in [1.29, 1.82) is 0 Å². The fraction of sp³-hybridized carbons (Fsp3) is 0.267. The fourth-order valence-corrected chi connectivity index (χ4v) is 3.22. The molecular weight excluding hydrogens is 270 g/mol. The molecule has 0 aromatic carbocycles. The molecule has 3 heterocycles. The number of nitrogens with one attached hydrogen (secondary N) is 1. The third-order valence-corrected chi connectivity index (χ3v) is 4.18. The summed E-state index contributed by atoms with van der Waals surface area (Å²) >= 11 is 1.79. The lowest BCUT2D eigenvalue weighted by Gasteiger charge is -2.13. The number of thiophene rings is 1. The maximum atomic E-state index is 5.60. The predicted molar refractivity (Wildman–Crippen MR) is 80.5 cm³/mol. The van der Waals surface area contributed by atoms with Crippen LogP contribution in [0.15, 0.2) is 40.9 Å². The highest BCUT2D eigenvalue weighted by molar-refractivity contribution is 7.15. The van der Waals surface area contributed by atoms with Crippen molar-refractivity contribution in [3.05, 3.63) is 52.9 Å². The average molecular weight is 287 g/mol. The summed E-state index contributed by atoms with van der Waals surface area (Å²) in [7, 11) is 2.10. The highest BCUT2D eigenvalue weighted by atomic mass is 32.1. The van der Waals surface area contributed by atoms with E-state index in [1.165, 1.54) is 9.75 Å². The molecule has 0 saturated carbocycles. The van der Waals surface area contributed by atoms with Crippen LogP contribution in [0.4, 0.5) is 0 Å². The Kier molecular flexibility index (Phi) is 3.71. The third-order valence-electron chi connectivity index (χ3n) is 3.08. The van der Waals surface area contributed by atoms with Crippen LogP contribution in [-0.2, 0) is 13.1 Å². The molecule has 5 heteroatoms. The molecule has 3 aromatic rings. The van der Waals surface area contributed by atoms with Gasteiger partial charge in [-0.3, -0.25) is 10.00 Å². The van der Waals surface area contributed by atoms with E-state index in [1.54, 1.807) is 17.5 Å². The summed E-state index contributed by atoms with van der Waals surface area (Å²) < 4.78 is 5.60. The summed E-state index contributed by atoms with van der Waals surface area (Å²) in [5, 5.41) is 6.98. The van der Waals surface area contributed by atoms with Crippen molar-refractivity contribution >= 4 is 11.3 Å². The lowest BCUT2D eigenvalue weighted by Crippen LogP contribution is -2.15. The number of nitrogens with zero attached hydrogens (tertiary/aromatic N) is 2. The maximum Gasteiger partial charge on any atom is 0.118 e. The highest BCUT2D eigenvalue weighted by Gasteiger charge is 2.08. The van der Waals surface area contributed by atoms with Crippen LogP contribution in [0.2, 0.25) is 0 Å². The van der Waals surface area contributed by atoms with Gasteiger partial charge in [-0.05, 0) is 44.3 Å². The maximum absolute atomic E-state index is 5.60. The molecule has 0 unspecified atom stereocenters. The van der Waals surface area contributed by atoms with E-state index >= 15 is 0 Å². The number of rotatable bonds is 5. The van der Waals surface area contributed by atoms with Crippen molar-refractivity contribution in [3.63, 3.8) is 0 Å². The molecule has 0 amide bonds. The molecule has 0 aliphatic heterocycles. The SMILES string of the molecule is Cc1ccc(CN(C)Cc2ccc(-c3ccn[nH]3)s2)o1. The molecule has 4 nitrogen and oxygen atoms in total. The smallest absolute Gasteiger partial charge is 0.118 e. The number of H-pyrrole nitrogens is 1. The first-order valence-corrected chi connectivity index (χ1v) is 7.34. The van der Waals surface area contributed by atoms with Crippen LogP contribution in [0.5, 0.6) is 0 Å². The Hall–Kier alpha value is -1.85. The van der Waals surface area contributed by atoms with E-state index in [9.17, 15) is 0 Å². The minimum atomic E-state index is 0.825. The zero-order chi connectivity index (χ0) is 13.9. The quantitative estimate of drug-likeness (QED) is 0.778. The van der Waals surface area contributed by atoms with Crippen LogP contribution in [0.3, 0.4) is 0 Å². The topological polar surface area (TPSA) is 45.1 Å². The van der Waals surface area contributed by atoms with E-state index in [1.807, 2.05) is 25.1 Å². The summed E-state index contributed by atoms with van der Waals surface area (Å²) in [6, 6.07) is 10.3. The highest BCUT2D eigenvalue weighted by Crippen LogP contribution is 2.27. The van der Waals surface area contributed by atoms with Crippen LogP contribution in [-0.4, -0.2) is 22.1 Å². The van der Waals surface area contributed by atoms with Gasteiger partial charge in [0.2, 0.25) is 0 Å².